The van der Waals surface area contributed by atoms with E-state index in [0.717, 1.165) is 24.2 Å². The highest BCUT2D eigenvalue weighted by Gasteiger charge is 2.09. The minimum atomic E-state index is -0.359. The quantitative estimate of drug-likeness (QED) is 0.698. The Morgan fingerprint density at radius 3 is 2.77 bits per heavy atom. The average molecular weight is 304 g/mol. The molecule has 0 amide bonds. The van der Waals surface area contributed by atoms with Gasteiger partial charge in [0.25, 0.3) is 5.89 Å². The van der Waals surface area contributed by atoms with E-state index < -0.39 is 0 Å². The number of benzene rings is 1. The molecule has 0 unspecified atom stereocenters. The van der Waals surface area contributed by atoms with Crippen molar-refractivity contribution in [3.05, 3.63) is 41.5 Å². The molecule has 2 rings (SSSR count). The molecule has 6 heteroatoms. The van der Waals surface area contributed by atoms with Gasteiger partial charge in [-0.2, -0.15) is 4.98 Å². The first kappa shape index (κ1) is 16.0. The fraction of sp³-hybridized carbons (Fsp3) is 0.438. The van der Waals surface area contributed by atoms with Crippen molar-refractivity contribution in [2.75, 3.05) is 6.61 Å². The van der Waals surface area contributed by atoms with Crippen LogP contribution in [0, 0.1) is 6.92 Å². The van der Waals surface area contributed by atoms with Crippen molar-refractivity contribution in [2.45, 2.75) is 39.7 Å². The summed E-state index contributed by atoms with van der Waals surface area (Å²) in [6, 6.07) is 7.65. The van der Waals surface area contributed by atoms with Crippen molar-refractivity contribution in [3.63, 3.8) is 0 Å². The maximum atomic E-state index is 11.6. The molecule has 0 saturated carbocycles. The van der Waals surface area contributed by atoms with Crippen LogP contribution in [-0.2, 0) is 22.6 Å². The number of hydrogen-bond acceptors (Lipinski definition) is 6. The summed E-state index contributed by atoms with van der Waals surface area (Å²) in [4.78, 5) is 15.7. The second-order valence-electron chi connectivity index (χ2n) is 4.93. The lowest BCUT2D eigenvalue weighted by molar-refractivity contribution is -0.146. The summed E-state index contributed by atoms with van der Waals surface area (Å²) < 4.78 is 15.5. The molecule has 2 aromatic rings. The normalized spacial score (nSPS) is 10.5. The molecule has 118 valence electrons. The lowest BCUT2D eigenvalue weighted by Gasteiger charge is -2.06. The van der Waals surface area contributed by atoms with Gasteiger partial charge >= 0.3 is 5.97 Å². The van der Waals surface area contributed by atoms with Gasteiger partial charge in [-0.3, -0.25) is 4.79 Å². The minimum Gasteiger partial charge on any atom is -0.493 e. The van der Waals surface area contributed by atoms with E-state index in [1.165, 1.54) is 0 Å². The number of rotatable bonds is 8. The van der Waals surface area contributed by atoms with Crippen molar-refractivity contribution < 1.29 is 18.8 Å². The van der Waals surface area contributed by atoms with E-state index in [1.54, 1.807) is 0 Å². The van der Waals surface area contributed by atoms with Gasteiger partial charge in [-0.05, 0) is 25.5 Å². The van der Waals surface area contributed by atoms with Gasteiger partial charge in [0.2, 0.25) is 0 Å². The van der Waals surface area contributed by atoms with Gasteiger partial charge in [-0.25, -0.2) is 0 Å². The predicted molar refractivity (Wildman–Crippen MR) is 79.4 cm³/mol. The SMILES string of the molecule is CCCc1noc(COC(=O)CCOc2ccc(C)cc2)n1. The summed E-state index contributed by atoms with van der Waals surface area (Å²) in [5.41, 5.74) is 1.16. The Balaban J connectivity index is 1.66. The smallest absolute Gasteiger partial charge is 0.309 e. The molecule has 0 N–H and O–H groups in total. The lowest BCUT2D eigenvalue weighted by Crippen LogP contribution is -2.10. The van der Waals surface area contributed by atoms with E-state index in [0.29, 0.717) is 11.7 Å². The Bertz CT molecular complexity index is 592. The van der Waals surface area contributed by atoms with Crippen LogP contribution < -0.4 is 4.74 Å². The second kappa shape index (κ2) is 8.17. The van der Waals surface area contributed by atoms with Crippen molar-refractivity contribution in [1.82, 2.24) is 10.1 Å². The largest absolute Gasteiger partial charge is 0.493 e. The molecule has 0 aliphatic heterocycles. The van der Waals surface area contributed by atoms with Gasteiger partial charge in [-0.15, -0.1) is 0 Å². The molecular formula is C16H20N2O4. The molecule has 22 heavy (non-hydrogen) atoms. The summed E-state index contributed by atoms with van der Waals surface area (Å²) >= 11 is 0. The first-order valence-electron chi connectivity index (χ1n) is 7.34. The van der Waals surface area contributed by atoms with Crippen LogP contribution in [-0.4, -0.2) is 22.7 Å². The van der Waals surface area contributed by atoms with Crippen LogP contribution >= 0.6 is 0 Å². The zero-order valence-corrected chi connectivity index (χ0v) is 12.9. The van der Waals surface area contributed by atoms with Gasteiger partial charge in [0.05, 0.1) is 13.0 Å². The highest BCUT2D eigenvalue weighted by molar-refractivity contribution is 5.69. The first-order chi connectivity index (χ1) is 10.7. The third-order valence-electron chi connectivity index (χ3n) is 2.94. The van der Waals surface area contributed by atoms with Crippen LogP contribution in [0.1, 0.15) is 37.0 Å². The van der Waals surface area contributed by atoms with Crippen molar-refractivity contribution in [2.24, 2.45) is 0 Å². The standard InChI is InChI=1S/C16H20N2O4/c1-3-4-14-17-15(22-18-14)11-21-16(19)9-10-20-13-7-5-12(2)6-8-13/h5-8H,3-4,9-11H2,1-2H3. The maximum absolute atomic E-state index is 11.6. The zero-order chi connectivity index (χ0) is 15.8. The number of hydrogen-bond donors (Lipinski definition) is 0. The molecule has 1 aromatic heterocycles. The number of carbonyl (C=O) groups is 1. The molecule has 0 saturated heterocycles. The van der Waals surface area contributed by atoms with Crippen molar-refractivity contribution in [3.8, 4) is 5.75 Å². The van der Waals surface area contributed by atoms with E-state index in [2.05, 4.69) is 10.1 Å². The summed E-state index contributed by atoms with van der Waals surface area (Å²) in [5, 5.41) is 3.79. The Kier molecular flexibility index (Phi) is 5.94. The Morgan fingerprint density at radius 1 is 1.27 bits per heavy atom. The fourth-order valence-electron chi connectivity index (χ4n) is 1.78. The van der Waals surface area contributed by atoms with Gasteiger partial charge in [-0.1, -0.05) is 29.8 Å². The summed E-state index contributed by atoms with van der Waals surface area (Å²) in [6.45, 7) is 4.31. The predicted octanol–water partition coefficient (Wildman–Crippen LogP) is 2.84. The molecule has 0 radical (unpaired) electrons. The van der Waals surface area contributed by atoms with E-state index in [1.807, 2.05) is 38.1 Å². The average Bonchev–Trinajstić information content (AvgIpc) is 2.95. The topological polar surface area (TPSA) is 74.5 Å². The molecule has 6 nitrogen and oxygen atoms in total. The Morgan fingerprint density at radius 2 is 2.05 bits per heavy atom. The number of nitrogens with zero attached hydrogens (tertiary/aromatic N) is 2. The second-order valence-corrected chi connectivity index (χ2v) is 4.93. The Labute approximate surface area is 129 Å². The number of aryl methyl sites for hydroxylation is 2. The van der Waals surface area contributed by atoms with E-state index in [9.17, 15) is 4.79 Å². The van der Waals surface area contributed by atoms with Gasteiger partial charge in [0, 0.05) is 6.42 Å². The molecule has 0 bridgehead atoms. The third kappa shape index (κ3) is 5.20. The van der Waals surface area contributed by atoms with Gasteiger partial charge in [0.15, 0.2) is 12.4 Å². The Hall–Kier alpha value is -2.37. The highest BCUT2D eigenvalue weighted by atomic mass is 16.6. The summed E-state index contributed by atoms with van der Waals surface area (Å²) in [5.74, 6) is 1.33. The lowest BCUT2D eigenvalue weighted by atomic mass is 10.2. The van der Waals surface area contributed by atoms with Crippen LogP contribution in [0.25, 0.3) is 0 Å². The number of esters is 1. The van der Waals surface area contributed by atoms with E-state index in [-0.39, 0.29) is 25.6 Å². The summed E-state index contributed by atoms with van der Waals surface area (Å²) in [7, 11) is 0. The van der Waals surface area contributed by atoms with E-state index >= 15 is 0 Å². The fourth-order valence-corrected chi connectivity index (χ4v) is 1.78. The molecule has 0 aliphatic rings. The van der Waals surface area contributed by atoms with E-state index in [4.69, 9.17) is 14.0 Å². The molecule has 0 atom stereocenters. The number of aromatic nitrogens is 2. The van der Waals surface area contributed by atoms with Crippen LogP contribution in [0.5, 0.6) is 5.75 Å². The van der Waals surface area contributed by atoms with Crippen LogP contribution in [0.2, 0.25) is 0 Å². The molecule has 0 spiro atoms. The maximum Gasteiger partial charge on any atom is 0.309 e. The van der Waals surface area contributed by atoms with Crippen LogP contribution in [0.4, 0.5) is 0 Å². The molecule has 0 fully saturated rings. The highest BCUT2D eigenvalue weighted by Crippen LogP contribution is 2.11. The van der Waals surface area contributed by atoms with Gasteiger partial charge < -0.3 is 14.0 Å². The van der Waals surface area contributed by atoms with Crippen molar-refractivity contribution in [1.29, 1.82) is 0 Å². The van der Waals surface area contributed by atoms with Crippen LogP contribution in [0.3, 0.4) is 0 Å². The molecule has 1 aromatic carbocycles. The van der Waals surface area contributed by atoms with Gasteiger partial charge in [0.1, 0.15) is 5.75 Å². The molecular weight excluding hydrogens is 284 g/mol. The third-order valence-corrected chi connectivity index (χ3v) is 2.94. The number of ether oxygens (including phenoxy) is 2. The molecule has 0 aliphatic carbocycles. The van der Waals surface area contributed by atoms with Crippen molar-refractivity contribution >= 4 is 5.97 Å². The number of carbonyl (C=O) groups excluding carboxylic acids is 1. The first-order valence-corrected chi connectivity index (χ1v) is 7.34. The van der Waals surface area contributed by atoms with Crippen LogP contribution in [0.15, 0.2) is 28.8 Å². The monoisotopic (exact) mass is 304 g/mol. The minimum absolute atomic E-state index is 0.0000787. The zero-order valence-electron chi connectivity index (χ0n) is 12.9. The molecule has 1 heterocycles. The summed E-state index contributed by atoms with van der Waals surface area (Å²) in [6.07, 6.45) is 1.86.